The van der Waals surface area contributed by atoms with E-state index in [4.69, 9.17) is 16.0 Å². The topological polar surface area (TPSA) is 130 Å². The van der Waals surface area contributed by atoms with Crippen LogP contribution < -0.4 is 25.4 Å². The van der Waals surface area contributed by atoms with Gasteiger partial charge in [0.25, 0.3) is 0 Å². The van der Waals surface area contributed by atoms with Crippen molar-refractivity contribution in [3.05, 3.63) is 120 Å². The molecule has 0 atom stereocenters. The summed E-state index contributed by atoms with van der Waals surface area (Å²) in [5, 5.41) is 17.8. The van der Waals surface area contributed by atoms with E-state index < -0.39 is 5.97 Å². The maximum Gasteiger partial charge on any atom is 0.337 e. The Balaban J connectivity index is 1.04. The summed E-state index contributed by atoms with van der Waals surface area (Å²) in [6, 6.07) is 27.4. The molecule has 4 aromatic carbocycles. The van der Waals surface area contributed by atoms with E-state index in [1.807, 2.05) is 24.3 Å². The van der Waals surface area contributed by atoms with Crippen LogP contribution in [0.3, 0.4) is 0 Å². The number of carbonyl (C=O) groups is 3. The highest BCUT2D eigenvalue weighted by Gasteiger charge is 2.24. The number of anilines is 2. The number of urea groups is 1. The quantitative estimate of drug-likeness (QED) is 0.139. The zero-order chi connectivity index (χ0) is 31.6. The number of amides is 3. The van der Waals surface area contributed by atoms with Crippen LogP contribution in [0.25, 0.3) is 4.85 Å². The smallest absolute Gasteiger partial charge is 0.337 e. The van der Waals surface area contributed by atoms with Crippen molar-refractivity contribution in [2.24, 2.45) is 0 Å². The minimum absolute atomic E-state index is 0.0369. The monoisotopic (exact) mass is 604 g/mol. The van der Waals surface area contributed by atoms with Crippen LogP contribution in [-0.2, 0) is 11.2 Å². The van der Waals surface area contributed by atoms with Gasteiger partial charge >= 0.3 is 12.0 Å². The number of carboxylic acid groups (broad SMARTS) is 1. The van der Waals surface area contributed by atoms with Crippen LogP contribution in [0.4, 0.5) is 21.9 Å². The van der Waals surface area contributed by atoms with Gasteiger partial charge in [0, 0.05) is 11.7 Å². The number of aromatic carboxylic acids is 1. The van der Waals surface area contributed by atoms with Crippen LogP contribution >= 0.6 is 0 Å². The van der Waals surface area contributed by atoms with Gasteiger partial charge in [0.1, 0.15) is 17.2 Å². The number of nitrogens with zero attached hydrogens (tertiary/aromatic N) is 1. The number of hydrogen-bond acceptors (Lipinski definition) is 5. The van der Waals surface area contributed by atoms with Gasteiger partial charge in [-0.2, -0.15) is 0 Å². The molecular formula is C35H32N4O6. The molecule has 0 aliphatic heterocycles. The van der Waals surface area contributed by atoms with Crippen LogP contribution in [0.2, 0.25) is 0 Å². The van der Waals surface area contributed by atoms with Gasteiger partial charge in [0.15, 0.2) is 5.69 Å². The molecular weight excluding hydrogens is 572 g/mol. The third-order valence-corrected chi connectivity index (χ3v) is 7.32. The average molecular weight is 605 g/mol. The Kier molecular flexibility index (Phi) is 9.92. The maximum atomic E-state index is 12.5. The van der Waals surface area contributed by atoms with Crippen molar-refractivity contribution in [1.82, 2.24) is 5.32 Å². The average Bonchev–Trinajstić information content (AvgIpc) is 3.04. The molecule has 4 aromatic rings. The molecule has 0 radical (unpaired) electrons. The van der Waals surface area contributed by atoms with Gasteiger partial charge in [0.05, 0.1) is 30.3 Å². The van der Waals surface area contributed by atoms with Crippen molar-refractivity contribution >= 4 is 35.0 Å². The fraction of sp³-hybridized carbons (Fsp3) is 0.200. The highest BCUT2D eigenvalue weighted by Crippen LogP contribution is 2.28. The highest BCUT2D eigenvalue weighted by atomic mass is 16.5. The lowest BCUT2D eigenvalue weighted by Crippen LogP contribution is -2.41. The Hall–Kier alpha value is -5.82. The molecule has 228 valence electrons. The highest BCUT2D eigenvalue weighted by molar-refractivity contribution is 6.01. The zero-order valence-electron chi connectivity index (χ0n) is 24.4. The van der Waals surface area contributed by atoms with E-state index in [1.165, 1.54) is 6.07 Å². The van der Waals surface area contributed by atoms with E-state index >= 15 is 0 Å². The fourth-order valence-corrected chi connectivity index (χ4v) is 5.08. The van der Waals surface area contributed by atoms with Crippen molar-refractivity contribution in [3.8, 4) is 17.2 Å². The summed E-state index contributed by atoms with van der Waals surface area (Å²) in [4.78, 5) is 39.6. The van der Waals surface area contributed by atoms with Crippen molar-refractivity contribution in [1.29, 1.82) is 0 Å². The summed E-state index contributed by atoms with van der Waals surface area (Å²) in [6.07, 6.45) is 3.36. The summed E-state index contributed by atoms with van der Waals surface area (Å²) in [7, 11) is 0. The zero-order valence-corrected chi connectivity index (χ0v) is 24.4. The molecule has 3 amide bonds. The molecule has 0 saturated heterocycles. The van der Waals surface area contributed by atoms with Crippen molar-refractivity contribution in [2.45, 2.75) is 44.2 Å². The van der Waals surface area contributed by atoms with Crippen LogP contribution in [-0.4, -0.2) is 35.2 Å². The number of nitrogens with one attached hydrogen (secondary N) is 3. The number of benzene rings is 4. The summed E-state index contributed by atoms with van der Waals surface area (Å²) in [5.41, 5.74) is 2.11. The predicted molar refractivity (Wildman–Crippen MR) is 170 cm³/mol. The molecule has 1 fully saturated rings. The van der Waals surface area contributed by atoms with Gasteiger partial charge in [-0.25, -0.2) is 14.4 Å². The first kappa shape index (κ1) is 30.6. The Morgan fingerprint density at radius 1 is 0.800 bits per heavy atom. The van der Waals surface area contributed by atoms with Crippen molar-refractivity contribution < 1.29 is 29.0 Å². The molecule has 0 aromatic heterocycles. The molecule has 0 bridgehead atoms. The van der Waals surface area contributed by atoms with Gasteiger partial charge in [-0.15, -0.1) is 0 Å². The second-order valence-corrected chi connectivity index (χ2v) is 10.6. The standard InChI is InChI=1S/C35H32N4O6/c1-36-25-5-4-6-26(22-25)38-35(43)37-24-11-15-28(16-12-24)45-30-19-17-29(18-20-30)44-27-13-9-23(10-14-27)21-33(40)39-32-8-3-2-7-31(32)34(41)42/h2-10,13-14,17-20,22,24,28H,11-12,15-16,21H2,(H,39,40)(H,41,42)(H2,37,38,43). The van der Waals surface area contributed by atoms with Gasteiger partial charge in [-0.1, -0.05) is 36.4 Å². The minimum Gasteiger partial charge on any atom is -0.490 e. The molecule has 4 N–H and O–H groups in total. The second-order valence-electron chi connectivity index (χ2n) is 10.6. The van der Waals surface area contributed by atoms with E-state index in [9.17, 15) is 19.5 Å². The van der Waals surface area contributed by atoms with Crippen molar-refractivity contribution in [3.63, 3.8) is 0 Å². The number of hydrogen-bond donors (Lipinski definition) is 4. The number of carbonyl (C=O) groups excluding carboxylic acids is 2. The molecule has 1 aliphatic rings. The largest absolute Gasteiger partial charge is 0.490 e. The lowest BCUT2D eigenvalue weighted by atomic mass is 9.93. The SMILES string of the molecule is [C-]#[N+]c1cccc(NC(=O)NC2CCC(Oc3ccc(Oc4ccc(CC(=O)Nc5ccccc5C(=O)O)cc4)cc3)CC2)c1. The van der Waals surface area contributed by atoms with Gasteiger partial charge in [-0.05, 0) is 91.9 Å². The Morgan fingerprint density at radius 2 is 1.47 bits per heavy atom. The van der Waals surface area contributed by atoms with E-state index in [0.29, 0.717) is 22.9 Å². The molecule has 45 heavy (non-hydrogen) atoms. The van der Waals surface area contributed by atoms with E-state index in [-0.39, 0.29) is 41.8 Å². The Morgan fingerprint density at radius 3 is 2.16 bits per heavy atom. The Labute approximate surface area is 260 Å². The molecule has 10 heteroatoms. The fourth-order valence-electron chi connectivity index (χ4n) is 5.08. The molecule has 0 heterocycles. The third kappa shape index (κ3) is 8.84. The number of ether oxygens (including phenoxy) is 2. The van der Waals surface area contributed by atoms with Crippen LogP contribution in [0.1, 0.15) is 41.6 Å². The third-order valence-electron chi connectivity index (χ3n) is 7.32. The summed E-state index contributed by atoms with van der Waals surface area (Å²) in [6.45, 7) is 7.10. The first-order valence-electron chi connectivity index (χ1n) is 14.6. The molecule has 0 spiro atoms. The lowest BCUT2D eigenvalue weighted by Gasteiger charge is -2.29. The molecule has 1 saturated carbocycles. The normalized spacial score (nSPS) is 15.6. The second kappa shape index (κ2) is 14.6. The van der Waals surface area contributed by atoms with Gasteiger partial charge in [0.2, 0.25) is 5.91 Å². The number of carboxylic acids is 1. The first-order chi connectivity index (χ1) is 21.8. The molecule has 10 nitrogen and oxygen atoms in total. The lowest BCUT2D eigenvalue weighted by molar-refractivity contribution is -0.115. The van der Waals surface area contributed by atoms with Gasteiger partial charge < -0.3 is 30.5 Å². The number of rotatable bonds is 10. The Bertz CT molecular complexity index is 1690. The van der Waals surface area contributed by atoms with Crippen LogP contribution in [0.5, 0.6) is 17.2 Å². The van der Waals surface area contributed by atoms with Crippen molar-refractivity contribution in [2.75, 3.05) is 10.6 Å². The molecule has 1 aliphatic carbocycles. The first-order valence-corrected chi connectivity index (χ1v) is 14.6. The summed E-state index contributed by atoms with van der Waals surface area (Å²) >= 11 is 0. The van der Waals surface area contributed by atoms with Gasteiger partial charge in [-0.3, -0.25) is 4.79 Å². The van der Waals surface area contributed by atoms with E-state index in [0.717, 1.165) is 37.0 Å². The molecule has 5 rings (SSSR count). The summed E-state index contributed by atoms with van der Waals surface area (Å²) < 4.78 is 12.1. The minimum atomic E-state index is -1.10. The summed E-state index contributed by atoms with van der Waals surface area (Å²) in [5.74, 6) is 0.565. The van der Waals surface area contributed by atoms with Crippen LogP contribution in [0, 0.1) is 6.57 Å². The maximum absolute atomic E-state index is 12.5. The molecule has 0 unspecified atom stereocenters. The van der Waals surface area contributed by atoms with E-state index in [1.54, 1.807) is 66.7 Å². The number of para-hydroxylation sites is 1. The van der Waals surface area contributed by atoms with Crippen LogP contribution in [0.15, 0.2) is 97.1 Å². The predicted octanol–water partition coefficient (Wildman–Crippen LogP) is 7.42. The van der Waals surface area contributed by atoms with E-state index in [2.05, 4.69) is 20.8 Å².